The van der Waals surface area contributed by atoms with Gasteiger partial charge in [-0.3, -0.25) is 14.5 Å². The van der Waals surface area contributed by atoms with Crippen molar-refractivity contribution in [2.45, 2.75) is 44.2 Å². The molecule has 1 saturated carbocycles. The summed E-state index contributed by atoms with van der Waals surface area (Å²) in [5, 5.41) is 2.82. The predicted molar refractivity (Wildman–Crippen MR) is 110 cm³/mol. The Balaban J connectivity index is 1.72. The van der Waals surface area contributed by atoms with Crippen LogP contribution in [-0.4, -0.2) is 41.5 Å². The van der Waals surface area contributed by atoms with Gasteiger partial charge in [-0.1, -0.05) is 61.7 Å². The van der Waals surface area contributed by atoms with Crippen LogP contribution in [0.4, 0.5) is 4.79 Å². The number of allylic oxidation sites excluding steroid dienone is 2. The van der Waals surface area contributed by atoms with E-state index in [9.17, 15) is 14.4 Å². The normalized spacial score (nSPS) is 17.6. The monoisotopic (exact) mass is 413 g/mol. The van der Waals surface area contributed by atoms with Gasteiger partial charge in [0, 0.05) is 6.54 Å². The Kier molecular flexibility index (Phi) is 7.24. The van der Waals surface area contributed by atoms with Gasteiger partial charge in [-0.15, -0.1) is 0 Å². The smallest absolute Gasteiger partial charge is 0.408 e. The number of benzene rings is 1. The fourth-order valence-corrected chi connectivity index (χ4v) is 3.69. The first-order valence-electron chi connectivity index (χ1n) is 10.1. The maximum atomic E-state index is 13.5. The van der Waals surface area contributed by atoms with Gasteiger partial charge < -0.3 is 20.5 Å². The lowest BCUT2D eigenvalue weighted by Gasteiger charge is -2.40. The topological polar surface area (TPSA) is 111 Å². The zero-order valence-corrected chi connectivity index (χ0v) is 16.8. The number of nitrogens with zero attached hydrogens (tertiary/aromatic N) is 1. The summed E-state index contributed by atoms with van der Waals surface area (Å²) in [7, 11) is 0. The molecule has 1 aliphatic carbocycles. The predicted octanol–water partition coefficient (Wildman–Crippen LogP) is 2.36. The lowest BCUT2D eigenvalue weighted by atomic mass is 9.80. The third-order valence-corrected chi connectivity index (χ3v) is 5.23. The quantitative estimate of drug-likeness (QED) is 0.693. The van der Waals surface area contributed by atoms with Gasteiger partial charge in [0.25, 0.3) is 5.91 Å². The summed E-state index contributed by atoms with van der Waals surface area (Å²) < 4.78 is 10.6. The summed E-state index contributed by atoms with van der Waals surface area (Å²) in [4.78, 5) is 39.1. The molecule has 0 radical (unpaired) electrons. The molecule has 0 atom stereocenters. The number of nitrogens with two attached hydrogens (primary N) is 1. The van der Waals surface area contributed by atoms with Crippen molar-refractivity contribution in [3.63, 3.8) is 0 Å². The van der Waals surface area contributed by atoms with Crippen LogP contribution in [0.15, 0.2) is 54.4 Å². The average Bonchev–Trinajstić information content (AvgIpc) is 2.79. The number of hydrogen-bond donors (Lipinski definition) is 2. The molecule has 2 amide bonds. The van der Waals surface area contributed by atoms with Crippen LogP contribution in [0.2, 0.25) is 0 Å². The van der Waals surface area contributed by atoms with Crippen LogP contribution >= 0.6 is 0 Å². The Labute approximate surface area is 175 Å². The number of amides is 2. The molecule has 1 aliphatic heterocycles. The standard InChI is InChI=1S/C22H27N3O5/c23-15-19(26)30-18-11-5-8-14-25(18)20(27)22(12-6-2-7-13-22)24-21(28)29-16-17-9-3-1-4-10-17/h1,3-5,8-11H,2,6-7,12-16,23H2,(H,24,28). The van der Waals surface area contributed by atoms with Crippen molar-refractivity contribution in [3.8, 4) is 0 Å². The third-order valence-electron chi connectivity index (χ3n) is 5.23. The molecule has 2 aliphatic rings. The van der Waals surface area contributed by atoms with Gasteiger partial charge in [-0.25, -0.2) is 4.79 Å². The molecule has 1 fully saturated rings. The number of carbonyl (C=O) groups excluding carboxylic acids is 3. The first kappa shape index (κ1) is 21.6. The van der Waals surface area contributed by atoms with Crippen LogP contribution in [-0.2, 0) is 25.7 Å². The second kappa shape index (κ2) is 10.1. The molecule has 0 bridgehead atoms. The highest BCUT2D eigenvalue weighted by Crippen LogP contribution is 2.32. The highest BCUT2D eigenvalue weighted by atomic mass is 16.6. The maximum Gasteiger partial charge on any atom is 0.408 e. The van der Waals surface area contributed by atoms with Gasteiger partial charge in [0.05, 0.1) is 6.54 Å². The summed E-state index contributed by atoms with van der Waals surface area (Å²) in [6, 6.07) is 9.33. The minimum atomic E-state index is -1.11. The highest BCUT2D eigenvalue weighted by Gasteiger charge is 2.45. The Morgan fingerprint density at radius 1 is 1.10 bits per heavy atom. The Bertz CT molecular complexity index is 828. The van der Waals surface area contributed by atoms with E-state index in [1.807, 2.05) is 30.3 Å². The van der Waals surface area contributed by atoms with Gasteiger partial charge in [0.15, 0.2) is 0 Å². The number of hydrogen-bond acceptors (Lipinski definition) is 6. The van der Waals surface area contributed by atoms with Crippen LogP contribution in [0.3, 0.4) is 0 Å². The van der Waals surface area contributed by atoms with Gasteiger partial charge in [0.2, 0.25) is 5.88 Å². The zero-order chi connectivity index (χ0) is 21.4. The summed E-state index contributed by atoms with van der Waals surface area (Å²) in [6.45, 7) is 0.0615. The van der Waals surface area contributed by atoms with Crippen molar-refractivity contribution in [1.29, 1.82) is 0 Å². The van der Waals surface area contributed by atoms with E-state index in [2.05, 4.69) is 5.32 Å². The van der Waals surface area contributed by atoms with E-state index < -0.39 is 17.6 Å². The van der Waals surface area contributed by atoms with Crippen molar-refractivity contribution in [2.75, 3.05) is 13.1 Å². The molecule has 1 aromatic rings. The molecule has 1 aromatic carbocycles. The molecule has 3 N–H and O–H groups in total. The number of carbonyl (C=O) groups is 3. The molecule has 0 unspecified atom stereocenters. The number of rotatable bonds is 6. The molecule has 8 nitrogen and oxygen atoms in total. The van der Waals surface area contributed by atoms with Crippen molar-refractivity contribution in [3.05, 3.63) is 60.0 Å². The number of alkyl carbamates (subject to hydrolysis) is 1. The molecule has 0 aromatic heterocycles. The van der Waals surface area contributed by atoms with E-state index in [-0.39, 0.29) is 31.5 Å². The van der Waals surface area contributed by atoms with E-state index >= 15 is 0 Å². The average molecular weight is 413 g/mol. The van der Waals surface area contributed by atoms with E-state index in [0.29, 0.717) is 12.8 Å². The lowest BCUT2D eigenvalue weighted by Crippen LogP contribution is -2.60. The molecule has 0 spiro atoms. The maximum absolute atomic E-state index is 13.5. The first-order valence-corrected chi connectivity index (χ1v) is 10.1. The number of nitrogens with one attached hydrogen (secondary N) is 1. The molecule has 3 rings (SSSR count). The summed E-state index contributed by atoms with van der Waals surface area (Å²) in [5.74, 6) is -0.844. The van der Waals surface area contributed by atoms with E-state index in [1.54, 1.807) is 18.2 Å². The van der Waals surface area contributed by atoms with E-state index in [1.165, 1.54) is 4.90 Å². The van der Waals surface area contributed by atoms with Crippen LogP contribution < -0.4 is 11.1 Å². The largest absolute Gasteiger partial charge is 0.445 e. The van der Waals surface area contributed by atoms with Crippen LogP contribution in [0.1, 0.15) is 37.7 Å². The molecule has 30 heavy (non-hydrogen) atoms. The van der Waals surface area contributed by atoms with Crippen molar-refractivity contribution in [2.24, 2.45) is 5.73 Å². The molecule has 0 saturated heterocycles. The van der Waals surface area contributed by atoms with Crippen molar-refractivity contribution >= 4 is 18.0 Å². The zero-order valence-electron chi connectivity index (χ0n) is 16.8. The van der Waals surface area contributed by atoms with E-state index in [4.69, 9.17) is 15.2 Å². The van der Waals surface area contributed by atoms with Gasteiger partial charge in [0.1, 0.15) is 12.1 Å². The van der Waals surface area contributed by atoms with Crippen molar-refractivity contribution in [1.82, 2.24) is 10.2 Å². The van der Waals surface area contributed by atoms with Crippen molar-refractivity contribution < 1.29 is 23.9 Å². The summed E-state index contributed by atoms with van der Waals surface area (Å²) in [5.41, 5.74) is 5.08. The molecular weight excluding hydrogens is 386 g/mol. The highest BCUT2D eigenvalue weighted by molar-refractivity contribution is 5.91. The van der Waals surface area contributed by atoms with Gasteiger partial charge in [-0.05, 0) is 24.5 Å². The molecule has 8 heteroatoms. The Morgan fingerprint density at radius 2 is 1.83 bits per heavy atom. The SMILES string of the molecule is NCC(=O)OC1=CC=CCN1C(=O)C1(NC(=O)OCc2ccccc2)CCCCC1. The lowest BCUT2D eigenvalue weighted by molar-refractivity contribution is -0.146. The number of ether oxygens (including phenoxy) is 2. The van der Waals surface area contributed by atoms with Crippen LogP contribution in [0, 0.1) is 0 Å². The first-order chi connectivity index (χ1) is 14.5. The van der Waals surface area contributed by atoms with Crippen LogP contribution in [0.5, 0.6) is 0 Å². The third kappa shape index (κ3) is 5.27. The van der Waals surface area contributed by atoms with Crippen LogP contribution in [0.25, 0.3) is 0 Å². The number of esters is 1. The Hall–Kier alpha value is -3.13. The molecular formula is C22H27N3O5. The summed E-state index contributed by atoms with van der Waals surface area (Å²) >= 11 is 0. The second-order valence-electron chi connectivity index (χ2n) is 7.36. The summed E-state index contributed by atoms with van der Waals surface area (Å²) in [6.07, 6.45) is 7.95. The minimum Gasteiger partial charge on any atom is -0.445 e. The Morgan fingerprint density at radius 3 is 2.53 bits per heavy atom. The molecule has 1 heterocycles. The fourth-order valence-electron chi connectivity index (χ4n) is 3.69. The minimum absolute atomic E-state index is 0.113. The van der Waals surface area contributed by atoms with E-state index in [0.717, 1.165) is 24.8 Å². The van der Waals surface area contributed by atoms with Gasteiger partial charge in [-0.2, -0.15) is 0 Å². The molecule has 160 valence electrons. The fraction of sp³-hybridized carbons (Fsp3) is 0.409. The van der Waals surface area contributed by atoms with Gasteiger partial charge >= 0.3 is 12.1 Å². The second-order valence-corrected chi connectivity index (χ2v) is 7.36.